The van der Waals surface area contributed by atoms with Crippen molar-refractivity contribution >= 4 is 5.97 Å². The molecule has 5 nitrogen and oxygen atoms in total. The van der Waals surface area contributed by atoms with Crippen molar-refractivity contribution in [2.45, 2.75) is 13.3 Å². The van der Waals surface area contributed by atoms with Crippen LogP contribution in [0.1, 0.15) is 23.8 Å². The second-order valence-corrected chi connectivity index (χ2v) is 4.00. The first kappa shape index (κ1) is 13.0. The van der Waals surface area contributed by atoms with Crippen molar-refractivity contribution in [2.75, 3.05) is 6.61 Å². The van der Waals surface area contributed by atoms with E-state index in [2.05, 4.69) is 9.97 Å². The molecular weight excluding hydrogens is 244 g/mol. The Morgan fingerprint density at radius 3 is 2.74 bits per heavy atom. The summed E-state index contributed by atoms with van der Waals surface area (Å²) in [5.74, 6) is -0.341. The van der Waals surface area contributed by atoms with E-state index in [9.17, 15) is 4.79 Å². The summed E-state index contributed by atoms with van der Waals surface area (Å²) in [6.07, 6.45) is 5.79. The van der Waals surface area contributed by atoms with E-state index in [0.717, 1.165) is 17.5 Å². The van der Waals surface area contributed by atoms with Gasteiger partial charge in [-0.2, -0.15) is 0 Å². The Morgan fingerprint density at radius 1 is 1.26 bits per heavy atom. The molecule has 2 heterocycles. The van der Waals surface area contributed by atoms with Gasteiger partial charge in [-0.15, -0.1) is 0 Å². The fourth-order valence-electron chi connectivity index (χ4n) is 1.57. The molecule has 0 aliphatic rings. The minimum atomic E-state index is -1.04. The fraction of sp³-hybridized carbons (Fsp3) is 0.214. The molecule has 19 heavy (non-hydrogen) atoms. The van der Waals surface area contributed by atoms with Gasteiger partial charge in [0.2, 0.25) is 0 Å². The Kier molecular flexibility index (Phi) is 4.07. The normalized spacial score (nSPS) is 10.2. The molecule has 5 heteroatoms. The standard InChI is InChI=1S/C14H14N2O3/c1-2-5-19-12-6-11(7-15-9-12)10-3-4-13(14(17)18)16-8-10/h3-4,6-9H,2,5H2,1H3,(H,17,18). The fourth-order valence-corrected chi connectivity index (χ4v) is 1.57. The van der Waals surface area contributed by atoms with E-state index < -0.39 is 5.97 Å². The average molecular weight is 258 g/mol. The number of aromatic carboxylic acids is 1. The van der Waals surface area contributed by atoms with Crippen molar-refractivity contribution in [3.05, 3.63) is 42.5 Å². The minimum absolute atomic E-state index is 0.0232. The van der Waals surface area contributed by atoms with Gasteiger partial charge in [0.1, 0.15) is 11.4 Å². The van der Waals surface area contributed by atoms with Crippen molar-refractivity contribution in [3.8, 4) is 16.9 Å². The molecule has 0 aliphatic carbocycles. The zero-order valence-electron chi connectivity index (χ0n) is 10.5. The molecule has 0 amide bonds. The lowest BCUT2D eigenvalue weighted by molar-refractivity contribution is 0.0690. The number of aromatic nitrogens is 2. The van der Waals surface area contributed by atoms with Crippen molar-refractivity contribution in [1.82, 2.24) is 9.97 Å². The van der Waals surface area contributed by atoms with Gasteiger partial charge < -0.3 is 9.84 Å². The highest BCUT2D eigenvalue weighted by Gasteiger charge is 2.06. The predicted octanol–water partition coefficient (Wildman–Crippen LogP) is 2.63. The van der Waals surface area contributed by atoms with Crippen LogP contribution in [0.2, 0.25) is 0 Å². The zero-order valence-corrected chi connectivity index (χ0v) is 10.5. The number of rotatable bonds is 5. The van der Waals surface area contributed by atoms with Crippen molar-refractivity contribution in [2.24, 2.45) is 0 Å². The molecule has 0 unspecified atom stereocenters. The van der Waals surface area contributed by atoms with Crippen molar-refractivity contribution in [1.29, 1.82) is 0 Å². The van der Waals surface area contributed by atoms with Crippen LogP contribution in [0.15, 0.2) is 36.8 Å². The van der Waals surface area contributed by atoms with Crippen LogP contribution in [0, 0.1) is 0 Å². The highest BCUT2D eigenvalue weighted by Crippen LogP contribution is 2.22. The maximum atomic E-state index is 10.7. The zero-order chi connectivity index (χ0) is 13.7. The second-order valence-electron chi connectivity index (χ2n) is 4.00. The Balaban J connectivity index is 2.23. The van der Waals surface area contributed by atoms with Gasteiger partial charge in [-0.25, -0.2) is 9.78 Å². The lowest BCUT2D eigenvalue weighted by Crippen LogP contribution is -1.99. The Morgan fingerprint density at radius 2 is 2.11 bits per heavy atom. The first-order valence-corrected chi connectivity index (χ1v) is 5.98. The Bertz CT molecular complexity index is 567. The molecule has 2 aromatic heterocycles. The molecule has 0 saturated heterocycles. The summed E-state index contributed by atoms with van der Waals surface area (Å²) in [5, 5.41) is 8.79. The lowest BCUT2D eigenvalue weighted by Gasteiger charge is -2.06. The Labute approximate surface area is 110 Å². The van der Waals surface area contributed by atoms with E-state index >= 15 is 0 Å². The number of carboxylic acids is 1. The van der Waals surface area contributed by atoms with Crippen molar-refractivity contribution < 1.29 is 14.6 Å². The number of nitrogens with zero attached hydrogens (tertiary/aromatic N) is 2. The average Bonchev–Trinajstić information content (AvgIpc) is 2.45. The molecule has 98 valence electrons. The van der Waals surface area contributed by atoms with E-state index in [0.29, 0.717) is 12.4 Å². The van der Waals surface area contributed by atoms with Gasteiger partial charge in [0.15, 0.2) is 0 Å². The minimum Gasteiger partial charge on any atom is -0.492 e. The molecule has 1 N–H and O–H groups in total. The summed E-state index contributed by atoms with van der Waals surface area (Å²) in [5.41, 5.74) is 1.67. The van der Waals surface area contributed by atoms with Gasteiger partial charge in [-0.1, -0.05) is 13.0 Å². The molecule has 0 fully saturated rings. The topological polar surface area (TPSA) is 72.3 Å². The molecule has 2 aromatic rings. The van der Waals surface area contributed by atoms with E-state index in [1.165, 1.54) is 12.3 Å². The molecule has 0 radical (unpaired) electrons. The largest absolute Gasteiger partial charge is 0.492 e. The third kappa shape index (κ3) is 3.28. The van der Waals surface area contributed by atoms with Gasteiger partial charge in [0.05, 0.1) is 12.8 Å². The molecular formula is C14H14N2O3. The van der Waals surface area contributed by atoms with E-state index in [1.54, 1.807) is 18.5 Å². The smallest absolute Gasteiger partial charge is 0.354 e. The third-order valence-electron chi connectivity index (χ3n) is 2.50. The highest BCUT2D eigenvalue weighted by atomic mass is 16.5. The number of hydrogen-bond acceptors (Lipinski definition) is 4. The number of hydrogen-bond donors (Lipinski definition) is 1. The van der Waals surface area contributed by atoms with Crippen LogP contribution in [0.4, 0.5) is 0 Å². The van der Waals surface area contributed by atoms with Crippen LogP contribution in [0.3, 0.4) is 0 Å². The van der Waals surface area contributed by atoms with Crippen LogP contribution in [0.25, 0.3) is 11.1 Å². The maximum Gasteiger partial charge on any atom is 0.354 e. The maximum absolute atomic E-state index is 10.7. The summed E-state index contributed by atoms with van der Waals surface area (Å²) >= 11 is 0. The summed E-state index contributed by atoms with van der Waals surface area (Å²) in [6.45, 7) is 2.67. The van der Waals surface area contributed by atoms with Crippen LogP contribution >= 0.6 is 0 Å². The summed E-state index contributed by atoms with van der Waals surface area (Å²) < 4.78 is 5.50. The first-order chi connectivity index (χ1) is 9.20. The van der Waals surface area contributed by atoms with E-state index in [-0.39, 0.29) is 5.69 Å². The van der Waals surface area contributed by atoms with E-state index in [1.807, 2.05) is 13.0 Å². The van der Waals surface area contributed by atoms with Gasteiger partial charge >= 0.3 is 5.97 Å². The first-order valence-electron chi connectivity index (χ1n) is 5.98. The van der Waals surface area contributed by atoms with Gasteiger partial charge in [0.25, 0.3) is 0 Å². The Hall–Kier alpha value is -2.43. The number of ether oxygens (including phenoxy) is 1. The molecule has 0 saturated carbocycles. The van der Waals surface area contributed by atoms with Crippen LogP contribution in [0.5, 0.6) is 5.75 Å². The molecule has 2 rings (SSSR count). The SMILES string of the molecule is CCCOc1cncc(-c2ccc(C(=O)O)nc2)c1. The second kappa shape index (κ2) is 5.95. The summed E-state index contributed by atoms with van der Waals surface area (Å²) in [4.78, 5) is 18.7. The number of carboxylic acid groups (broad SMARTS) is 1. The lowest BCUT2D eigenvalue weighted by atomic mass is 10.1. The molecule has 0 atom stereocenters. The monoisotopic (exact) mass is 258 g/mol. The summed E-state index contributed by atoms with van der Waals surface area (Å²) in [6, 6.07) is 5.04. The van der Waals surface area contributed by atoms with Crippen LogP contribution in [-0.4, -0.2) is 27.7 Å². The van der Waals surface area contributed by atoms with E-state index in [4.69, 9.17) is 9.84 Å². The van der Waals surface area contributed by atoms with Crippen molar-refractivity contribution in [3.63, 3.8) is 0 Å². The van der Waals surface area contributed by atoms with Crippen LogP contribution < -0.4 is 4.74 Å². The molecule has 0 aliphatic heterocycles. The predicted molar refractivity (Wildman–Crippen MR) is 70.2 cm³/mol. The van der Waals surface area contributed by atoms with Gasteiger partial charge in [-0.3, -0.25) is 4.98 Å². The summed E-state index contributed by atoms with van der Waals surface area (Å²) in [7, 11) is 0. The third-order valence-corrected chi connectivity index (χ3v) is 2.50. The molecule has 0 aromatic carbocycles. The molecule has 0 bridgehead atoms. The van der Waals surface area contributed by atoms with Gasteiger partial charge in [0, 0.05) is 23.5 Å². The van der Waals surface area contributed by atoms with Gasteiger partial charge in [-0.05, 0) is 18.6 Å². The highest BCUT2D eigenvalue weighted by molar-refractivity contribution is 5.85. The number of carbonyl (C=O) groups is 1. The number of pyridine rings is 2. The molecule has 0 spiro atoms. The quantitative estimate of drug-likeness (QED) is 0.892. The van der Waals surface area contributed by atoms with Crippen LogP contribution in [-0.2, 0) is 0 Å².